The van der Waals surface area contributed by atoms with Gasteiger partial charge in [-0.05, 0) is 142 Å². The largest absolute Gasteiger partial charge is 2.00 e. The van der Waals surface area contributed by atoms with E-state index in [1.165, 1.54) is 46.9 Å². The molecule has 0 saturated heterocycles. The maximum atomic E-state index is 16.3. The van der Waals surface area contributed by atoms with Crippen LogP contribution in [0.3, 0.4) is 0 Å². The molecule has 4 aliphatic rings. The van der Waals surface area contributed by atoms with E-state index in [4.69, 9.17) is 0 Å². The zero-order chi connectivity index (χ0) is 64.9. The normalized spacial score (nSPS) is 17.0. The molecule has 0 spiro atoms. The summed E-state index contributed by atoms with van der Waals surface area (Å²) in [6.07, 6.45) is 26.0. The molecule has 0 unspecified atom stereocenters. The minimum absolute atomic E-state index is 0. The van der Waals surface area contributed by atoms with Crippen LogP contribution in [0.4, 0.5) is 79.0 Å². The van der Waals surface area contributed by atoms with Gasteiger partial charge in [-0.3, -0.25) is 4.79 Å². The molecule has 7 aromatic carbocycles. The van der Waals surface area contributed by atoms with Gasteiger partial charge in [0.2, 0.25) is 5.78 Å². The number of hydrogen-bond donors (Lipinski definition) is 0. The maximum Gasteiger partial charge on any atom is 2.00 e. The van der Waals surface area contributed by atoms with Crippen molar-refractivity contribution in [3.63, 3.8) is 0 Å². The van der Waals surface area contributed by atoms with Crippen molar-refractivity contribution >= 4 is 66.0 Å². The van der Waals surface area contributed by atoms with Gasteiger partial charge in [-0.15, -0.1) is 0 Å². The van der Waals surface area contributed by atoms with E-state index < -0.39 is 128 Å². The molecular formula is C67H65BF18NiO2P2+2. The molecule has 0 amide bonds. The molecule has 4 fully saturated rings. The molecule has 2 nitrogen and oxygen atoms in total. The van der Waals surface area contributed by atoms with Crippen molar-refractivity contribution in [3.05, 3.63) is 183 Å². The average Bonchev–Trinajstić information content (AvgIpc) is 0.710. The Morgan fingerprint density at radius 1 is 0.407 bits per heavy atom. The van der Waals surface area contributed by atoms with Gasteiger partial charge in [0, 0.05) is 21.4 Å². The Morgan fingerprint density at radius 3 is 0.945 bits per heavy atom. The molecule has 91 heavy (non-hydrogen) atoms. The van der Waals surface area contributed by atoms with Gasteiger partial charge in [-0.1, -0.05) is 121 Å². The summed E-state index contributed by atoms with van der Waals surface area (Å²) in [5.74, 6) is -54.8. The molecule has 0 bridgehead atoms. The first-order valence-corrected chi connectivity index (χ1v) is 34.3. The Labute approximate surface area is 527 Å². The fraction of sp³-hybridized carbons (Fsp3) is 0.418. The number of alkyl halides is 2. The summed E-state index contributed by atoms with van der Waals surface area (Å²) in [4.78, 5) is 12.4. The van der Waals surface area contributed by atoms with Gasteiger partial charge in [0.05, 0.1) is 35.0 Å². The molecule has 7 aromatic rings. The Hall–Kier alpha value is -5.15. The van der Waals surface area contributed by atoms with Crippen LogP contribution in [0.1, 0.15) is 150 Å². The Kier molecular flexibility index (Phi) is 24.4. The van der Waals surface area contributed by atoms with Crippen LogP contribution in [0.25, 0.3) is 21.5 Å². The first-order valence-electron chi connectivity index (χ1n) is 30.6. The molecule has 0 N–H and O–H groups in total. The van der Waals surface area contributed by atoms with Crippen LogP contribution in [-0.2, 0) is 16.5 Å². The molecule has 0 aliphatic heterocycles. The third-order valence-electron chi connectivity index (χ3n) is 18.9. The van der Waals surface area contributed by atoms with Crippen molar-refractivity contribution in [1.82, 2.24) is 0 Å². The summed E-state index contributed by atoms with van der Waals surface area (Å²) in [5.41, 5.74) is -5.21. The van der Waals surface area contributed by atoms with Crippen molar-refractivity contribution in [1.29, 1.82) is 0 Å². The van der Waals surface area contributed by atoms with Crippen molar-refractivity contribution in [2.75, 3.05) is 12.3 Å². The summed E-state index contributed by atoms with van der Waals surface area (Å²) in [5, 5.41) is 15.3. The third-order valence-corrected chi connectivity index (χ3v) is 27.5. The molecular weight excluding hydrogens is 1310 g/mol. The maximum absolute atomic E-state index is 16.3. The number of hydrogen-bond acceptors (Lipinski definition) is 2. The van der Waals surface area contributed by atoms with Crippen molar-refractivity contribution < 1.29 is 105 Å². The van der Waals surface area contributed by atoms with E-state index >= 15 is 4.32 Å². The van der Waals surface area contributed by atoms with E-state index in [0.717, 1.165) is 0 Å². The van der Waals surface area contributed by atoms with Crippen LogP contribution in [0, 0.1) is 87.3 Å². The van der Waals surface area contributed by atoms with E-state index in [1.807, 2.05) is 6.07 Å². The Bertz CT molecular complexity index is 3320. The Morgan fingerprint density at radius 2 is 0.659 bits per heavy atom. The van der Waals surface area contributed by atoms with Crippen molar-refractivity contribution in [2.45, 2.75) is 163 Å². The number of ketones is 1. The number of benzene rings is 7. The smallest absolute Gasteiger partial charge is 0.844 e. The first kappa shape index (κ1) is 71.7. The van der Waals surface area contributed by atoms with Crippen molar-refractivity contribution in [2.24, 2.45) is 0 Å². The second kappa shape index (κ2) is 30.9. The van der Waals surface area contributed by atoms with E-state index in [2.05, 4.69) is 0 Å². The fourth-order valence-electron chi connectivity index (χ4n) is 14.4. The second-order valence-corrected chi connectivity index (χ2v) is 30.7. The van der Waals surface area contributed by atoms with Gasteiger partial charge >= 0.3 is 22.4 Å². The predicted molar refractivity (Wildman–Crippen MR) is 318 cm³/mol. The molecule has 4 aliphatic carbocycles. The van der Waals surface area contributed by atoms with Gasteiger partial charge in [0.25, 0.3) is 6.42 Å². The number of Topliss-reactive ketones (excluding diaryl/α,β-unsaturated/α-hetero) is 1. The van der Waals surface area contributed by atoms with Gasteiger partial charge in [-0.2, -0.15) is 8.78 Å². The first-order chi connectivity index (χ1) is 42.9. The Balaban J connectivity index is 0.000000177. The SMILES string of the molecule is C1CCC([PH+](CC[PH+](C2CCCCC2)C2CCCCC2)C2CCCCC2)CC1.Fc1c(F)c(F)c([B-](F)(c2c(F)c(F)c(F)c(F)c2F)c2c(F)c(F)c(F)c(F)c2F)c(F)c1F.O=C(c1ccccc1)C(F)(F)[C@H]([O-])c1c2ccccc2cc2ccccc12.[Ni+2]. The quantitative estimate of drug-likeness (QED) is 0.0207. The molecule has 0 heterocycles. The van der Waals surface area contributed by atoms with Crippen LogP contribution in [-0.4, -0.2) is 53.1 Å². The number of carbonyl (C=O) groups excluding carboxylic acids is 1. The molecule has 24 heteroatoms. The van der Waals surface area contributed by atoms with Crippen LogP contribution >= 0.6 is 15.8 Å². The molecule has 1 atom stereocenters. The summed E-state index contributed by atoms with van der Waals surface area (Å²) in [6.45, 7) is 0. The van der Waals surface area contributed by atoms with Gasteiger partial charge in [0.15, 0.2) is 52.4 Å². The summed E-state index contributed by atoms with van der Waals surface area (Å²) in [6, 6.07) is 22.9. The van der Waals surface area contributed by atoms with E-state index in [9.17, 15) is 84.5 Å². The molecule has 11 rings (SSSR count). The zero-order valence-electron chi connectivity index (χ0n) is 49.0. The number of fused-ring (bicyclic) bond motifs is 2. The topological polar surface area (TPSA) is 40.1 Å². The van der Waals surface area contributed by atoms with Gasteiger partial charge in [-0.25, -0.2) is 65.9 Å². The monoisotopic (exact) mass is 1370 g/mol. The summed E-state index contributed by atoms with van der Waals surface area (Å²) < 4.78 is 255. The van der Waals surface area contributed by atoms with Crippen LogP contribution in [0.15, 0.2) is 84.9 Å². The molecule has 4 saturated carbocycles. The minimum Gasteiger partial charge on any atom is -0.844 e. The number of halogens is 18. The van der Waals surface area contributed by atoms with Crippen molar-refractivity contribution in [3.8, 4) is 0 Å². The average molecular weight is 1380 g/mol. The van der Waals surface area contributed by atoms with E-state index in [0.29, 0.717) is 21.5 Å². The summed E-state index contributed by atoms with van der Waals surface area (Å²) in [7, 11) is -0.182. The predicted octanol–water partition coefficient (Wildman–Crippen LogP) is 18.4. The molecule has 0 aromatic heterocycles. The van der Waals surface area contributed by atoms with Crippen LogP contribution < -0.4 is 21.5 Å². The fourth-order valence-corrected chi connectivity index (χ4v) is 24.3. The van der Waals surface area contributed by atoms with Gasteiger partial charge < -0.3 is 9.42 Å². The third kappa shape index (κ3) is 14.6. The molecule has 0 radical (unpaired) electrons. The zero-order valence-corrected chi connectivity index (χ0v) is 52.0. The second-order valence-electron chi connectivity index (χ2n) is 24.1. The standard InChI is InChI=1S/C26H48P2.C23H15F2O2.C18BF16.Ni/c1-5-13-23(14-6-1)27(24-15-7-2-8-16-24)21-22-28(25-17-9-3-10-18-25)26-19-11-4-12-20-26;24-23(25,21(26)15-8-2-1-3-9-15)22(27)20-18-12-6-4-10-16(18)14-17-11-5-7-13-19(17)20;20-4-1(5(21)11(27)16(32)10(4)26)19(35,2-6(22)12(28)17(33)13(29)7(2)23)3-8(24)14(30)18(34)15(31)9(3)25;/h23-26H,1-22H2;1-14,22H;;/q;2*-1;+2/p+2/t;22-;;/m.1../s1. The number of carbonyl (C=O) groups is 1. The summed E-state index contributed by atoms with van der Waals surface area (Å²) >= 11 is 0. The van der Waals surface area contributed by atoms with Gasteiger partial charge in [0.1, 0.15) is 34.9 Å². The number of rotatable bonds is 14. The van der Waals surface area contributed by atoms with E-state index in [1.54, 1.807) is 195 Å². The molecule has 492 valence electrons. The van der Waals surface area contributed by atoms with E-state index in [-0.39, 0.29) is 43.5 Å². The minimum atomic E-state index is -6.91. The van der Waals surface area contributed by atoms with Crippen LogP contribution in [0.2, 0.25) is 0 Å². The van der Waals surface area contributed by atoms with Crippen LogP contribution in [0.5, 0.6) is 0 Å².